The molecule has 0 aliphatic heterocycles. The summed E-state index contributed by atoms with van der Waals surface area (Å²) in [6.45, 7) is 0. The van der Waals surface area contributed by atoms with Gasteiger partial charge in [-0.05, 0) is 30.5 Å². The van der Waals surface area contributed by atoms with Crippen molar-refractivity contribution in [3.63, 3.8) is 0 Å². The fraction of sp³-hybridized carbons (Fsp3) is 0.462. The van der Waals surface area contributed by atoms with E-state index in [1.165, 1.54) is 0 Å². The molecular weight excluding hydrogens is 264 g/mol. The molecule has 0 unspecified atom stereocenters. The van der Waals surface area contributed by atoms with Crippen LogP contribution in [0.1, 0.15) is 24.0 Å². The van der Waals surface area contributed by atoms with Gasteiger partial charge >= 0.3 is 0 Å². The second kappa shape index (κ2) is 5.70. The summed E-state index contributed by atoms with van der Waals surface area (Å²) in [7, 11) is -1.70. The van der Waals surface area contributed by atoms with E-state index in [1.54, 1.807) is 31.4 Å². The zero-order chi connectivity index (χ0) is 13.9. The Hall–Kier alpha value is -1.42. The van der Waals surface area contributed by atoms with Gasteiger partial charge in [-0.1, -0.05) is 12.1 Å². The molecule has 0 radical (unpaired) electrons. The van der Waals surface area contributed by atoms with Gasteiger partial charge in [-0.15, -0.1) is 0 Å². The molecule has 102 valence electrons. The molecule has 1 saturated carbocycles. The van der Waals surface area contributed by atoms with Gasteiger partial charge in [-0.3, -0.25) is 0 Å². The van der Waals surface area contributed by atoms with Crippen LogP contribution in [0.25, 0.3) is 0 Å². The lowest BCUT2D eigenvalue weighted by atomic mass is 9.90. The van der Waals surface area contributed by atoms with Crippen LogP contribution in [0.3, 0.4) is 0 Å². The van der Waals surface area contributed by atoms with Gasteiger partial charge in [-0.2, -0.15) is 5.26 Å². The molecule has 1 aliphatic rings. The standard InChI is InChI=1S/C13H16N2O3S/c1-18-13-6-12(7-13)15-19(16,17)9-11-4-2-10(8-14)3-5-11/h2-5,12-13,15H,6-7,9H2,1H3. The highest BCUT2D eigenvalue weighted by molar-refractivity contribution is 7.88. The number of benzene rings is 1. The molecule has 6 heteroatoms. The van der Waals surface area contributed by atoms with E-state index in [-0.39, 0.29) is 17.9 Å². The summed E-state index contributed by atoms with van der Waals surface area (Å²) in [5, 5.41) is 8.68. The topological polar surface area (TPSA) is 79.2 Å². The van der Waals surface area contributed by atoms with Gasteiger partial charge in [0.2, 0.25) is 10.0 Å². The Morgan fingerprint density at radius 2 is 2.00 bits per heavy atom. The van der Waals surface area contributed by atoms with Crippen molar-refractivity contribution in [2.24, 2.45) is 0 Å². The van der Waals surface area contributed by atoms with Gasteiger partial charge in [0.15, 0.2) is 0 Å². The first-order valence-corrected chi connectivity index (χ1v) is 7.69. The second-order valence-corrected chi connectivity index (χ2v) is 6.47. The highest BCUT2D eigenvalue weighted by Crippen LogP contribution is 2.23. The normalized spacial score (nSPS) is 22.5. The fourth-order valence-electron chi connectivity index (χ4n) is 2.04. The molecule has 0 heterocycles. The predicted octanol–water partition coefficient (Wildman–Crippen LogP) is 1.16. The van der Waals surface area contributed by atoms with Gasteiger partial charge in [0, 0.05) is 13.2 Å². The molecule has 0 bridgehead atoms. The van der Waals surface area contributed by atoms with Gasteiger partial charge in [-0.25, -0.2) is 13.1 Å². The number of nitriles is 1. The molecule has 0 atom stereocenters. The maximum atomic E-state index is 11.9. The van der Waals surface area contributed by atoms with Crippen molar-refractivity contribution in [1.29, 1.82) is 5.26 Å². The van der Waals surface area contributed by atoms with E-state index >= 15 is 0 Å². The van der Waals surface area contributed by atoms with Crippen LogP contribution in [-0.2, 0) is 20.5 Å². The van der Waals surface area contributed by atoms with Gasteiger partial charge in [0.1, 0.15) is 0 Å². The van der Waals surface area contributed by atoms with Crippen molar-refractivity contribution in [2.45, 2.75) is 30.7 Å². The number of hydrogen-bond donors (Lipinski definition) is 1. The highest BCUT2D eigenvalue weighted by Gasteiger charge is 2.32. The van der Waals surface area contributed by atoms with Crippen LogP contribution in [0.4, 0.5) is 0 Å². The predicted molar refractivity (Wildman–Crippen MR) is 70.7 cm³/mol. The molecule has 1 aliphatic carbocycles. The average molecular weight is 280 g/mol. The lowest BCUT2D eigenvalue weighted by molar-refractivity contribution is 0.0236. The first-order valence-electron chi connectivity index (χ1n) is 6.04. The third-order valence-electron chi connectivity index (χ3n) is 3.21. The van der Waals surface area contributed by atoms with E-state index in [0.717, 1.165) is 12.8 Å². The van der Waals surface area contributed by atoms with E-state index in [2.05, 4.69) is 4.72 Å². The first-order chi connectivity index (χ1) is 9.02. The number of nitrogens with zero attached hydrogens (tertiary/aromatic N) is 1. The molecule has 2 rings (SSSR count). The van der Waals surface area contributed by atoms with Crippen LogP contribution in [0.2, 0.25) is 0 Å². The van der Waals surface area contributed by atoms with E-state index in [4.69, 9.17) is 10.00 Å². The van der Waals surface area contributed by atoms with Crippen LogP contribution in [0.15, 0.2) is 24.3 Å². The molecule has 0 aromatic heterocycles. The van der Waals surface area contributed by atoms with E-state index < -0.39 is 10.0 Å². The Bertz CT molecular complexity index is 569. The third kappa shape index (κ3) is 3.77. The Balaban J connectivity index is 1.92. The van der Waals surface area contributed by atoms with Gasteiger partial charge < -0.3 is 4.74 Å². The van der Waals surface area contributed by atoms with Crippen molar-refractivity contribution in [3.8, 4) is 6.07 Å². The van der Waals surface area contributed by atoms with Gasteiger partial charge in [0.25, 0.3) is 0 Å². The largest absolute Gasteiger partial charge is 0.381 e. The molecule has 19 heavy (non-hydrogen) atoms. The SMILES string of the molecule is COC1CC(NS(=O)(=O)Cc2ccc(C#N)cc2)C1. The number of hydrogen-bond acceptors (Lipinski definition) is 4. The Labute approximate surface area is 113 Å². The van der Waals surface area contributed by atoms with Gasteiger partial charge in [0.05, 0.1) is 23.5 Å². The van der Waals surface area contributed by atoms with E-state index in [1.807, 2.05) is 6.07 Å². The van der Waals surface area contributed by atoms with Crippen molar-refractivity contribution >= 4 is 10.0 Å². The number of ether oxygens (including phenoxy) is 1. The molecule has 1 N–H and O–H groups in total. The average Bonchev–Trinajstić information content (AvgIpc) is 2.34. The molecular formula is C13H16N2O3S. The number of rotatable bonds is 5. The van der Waals surface area contributed by atoms with Crippen LogP contribution in [0.5, 0.6) is 0 Å². The van der Waals surface area contributed by atoms with Crippen LogP contribution in [-0.4, -0.2) is 27.7 Å². The molecule has 0 amide bonds. The van der Waals surface area contributed by atoms with Crippen molar-refractivity contribution in [2.75, 3.05) is 7.11 Å². The summed E-state index contributed by atoms with van der Waals surface area (Å²) < 4.78 is 31.6. The second-order valence-electron chi connectivity index (χ2n) is 4.71. The minimum absolute atomic E-state index is 0.0201. The quantitative estimate of drug-likeness (QED) is 0.877. The maximum Gasteiger partial charge on any atom is 0.216 e. The zero-order valence-corrected chi connectivity index (χ0v) is 11.5. The summed E-state index contributed by atoms with van der Waals surface area (Å²) >= 11 is 0. The Kier molecular flexibility index (Phi) is 4.20. The summed E-state index contributed by atoms with van der Waals surface area (Å²) in [4.78, 5) is 0. The zero-order valence-electron chi connectivity index (χ0n) is 10.7. The van der Waals surface area contributed by atoms with Crippen LogP contribution in [0, 0.1) is 11.3 Å². The smallest absolute Gasteiger partial charge is 0.216 e. The monoisotopic (exact) mass is 280 g/mol. The lowest BCUT2D eigenvalue weighted by Crippen LogP contribution is -2.47. The summed E-state index contributed by atoms with van der Waals surface area (Å²) in [5.41, 5.74) is 1.20. The van der Waals surface area contributed by atoms with Crippen LogP contribution < -0.4 is 4.72 Å². The fourth-order valence-corrected chi connectivity index (χ4v) is 3.46. The summed E-state index contributed by atoms with van der Waals surface area (Å²) in [5.74, 6) is -0.0626. The molecule has 0 saturated heterocycles. The minimum atomic E-state index is -3.33. The number of sulfonamides is 1. The van der Waals surface area contributed by atoms with Crippen LogP contribution >= 0.6 is 0 Å². The molecule has 1 aromatic rings. The lowest BCUT2D eigenvalue weighted by Gasteiger charge is -2.34. The van der Waals surface area contributed by atoms with Crippen molar-refractivity contribution in [3.05, 3.63) is 35.4 Å². The maximum absolute atomic E-state index is 11.9. The Morgan fingerprint density at radius 3 is 2.53 bits per heavy atom. The molecule has 1 aromatic carbocycles. The number of methoxy groups -OCH3 is 1. The number of nitrogens with one attached hydrogen (secondary N) is 1. The third-order valence-corrected chi connectivity index (χ3v) is 4.62. The minimum Gasteiger partial charge on any atom is -0.381 e. The molecule has 1 fully saturated rings. The molecule has 0 spiro atoms. The summed E-state index contributed by atoms with van der Waals surface area (Å²) in [6.07, 6.45) is 1.62. The molecule has 5 nitrogen and oxygen atoms in total. The van der Waals surface area contributed by atoms with E-state index in [9.17, 15) is 8.42 Å². The van der Waals surface area contributed by atoms with Crippen molar-refractivity contribution in [1.82, 2.24) is 4.72 Å². The summed E-state index contributed by atoms with van der Waals surface area (Å²) in [6, 6.07) is 8.55. The van der Waals surface area contributed by atoms with E-state index in [0.29, 0.717) is 11.1 Å². The Morgan fingerprint density at radius 1 is 1.37 bits per heavy atom. The highest BCUT2D eigenvalue weighted by atomic mass is 32.2. The van der Waals surface area contributed by atoms with Crippen molar-refractivity contribution < 1.29 is 13.2 Å². The first kappa shape index (κ1) is 14.0.